The number of amides is 1. The van der Waals surface area contributed by atoms with Crippen LogP contribution in [0.25, 0.3) is 10.2 Å². The first-order chi connectivity index (χ1) is 15.5. The second kappa shape index (κ2) is 8.74. The maximum atomic E-state index is 13.8. The Labute approximate surface area is 193 Å². The minimum atomic E-state index is -3.72. The number of carbonyl (C=O) groups is 1. The quantitative estimate of drug-likeness (QED) is 0.398. The normalized spacial score (nSPS) is 17.2. The smallest absolute Gasteiger partial charge is 0.253 e. The first kappa shape index (κ1) is 21.3. The third-order valence-corrected chi connectivity index (χ3v) is 9.78. The number of anilines is 1. The van der Waals surface area contributed by atoms with Crippen molar-refractivity contribution in [2.75, 3.05) is 18.0 Å². The van der Waals surface area contributed by atoms with E-state index in [1.54, 1.807) is 33.3 Å². The molecule has 1 aromatic carbocycles. The molecule has 1 atom stereocenters. The summed E-state index contributed by atoms with van der Waals surface area (Å²) in [5.41, 5.74) is 0.818. The molecule has 166 valence electrons. The number of benzene rings is 1. The molecule has 8 nitrogen and oxygen atoms in total. The van der Waals surface area contributed by atoms with Crippen LogP contribution in [0.15, 0.2) is 64.4 Å². The fourth-order valence-corrected chi connectivity index (χ4v) is 7.66. The summed E-state index contributed by atoms with van der Waals surface area (Å²) in [6.45, 7) is 1.17. The van der Waals surface area contributed by atoms with Gasteiger partial charge in [-0.05, 0) is 42.5 Å². The van der Waals surface area contributed by atoms with Crippen molar-refractivity contribution >= 4 is 54.0 Å². The maximum absolute atomic E-state index is 13.8. The fourth-order valence-electron chi connectivity index (χ4n) is 3.89. The molecule has 3 aromatic heterocycles. The van der Waals surface area contributed by atoms with Crippen molar-refractivity contribution < 1.29 is 13.2 Å². The van der Waals surface area contributed by atoms with Gasteiger partial charge in [0.05, 0.1) is 16.8 Å². The minimum Gasteiger partial charge on any atom is -0.285 e. The van der Waals surface area contributed by atoms with Crippen LogP contribution < -0.4 is 4.90 Å². The van der Waals surface area contributed by atoms with Gasteiger partial charge in [-0.2, -0.15) is 9.40 Å². The molecule has 4 aromatic rings. The molecule has 0 aliphatic carbocycles. The van der Waals surface area contributed by atoms with E-state index in [1.165, 1.54) is 27.0 Å². The average molecular weight is 488 g/mol. The topological polar surface area (TPSA) is 88.4 Å². The molecule has 0 radical (unpaired) electrons. The highest BCUT2D eigenvalue weighted by atomic mass is 32.2. The van der Waals surface area contributed by atoms with Gasteiger partial charge in [0.2, 0.25) is 5.91 Å². The van der Waals surface area contributed by atoms with E-state index in [1.807, 2.05) is 36.5 Å². The summed E-state index contributed by atoms with van der Waals surface area (Å²) in [5, 5.41) is 6.53. The lowest BCUT2D eigenvalue weighted by atomic mass is 10.2. The first-order valence-corrected chi connectivity index (χ1v) is 13.4. The molecule has 1 aliphatic heterocycles. The second-order valence-electron chi connectivity index (χ2n) is 7.43. The SMILES string of the molecule is O=C([C@H]1CCCN1S(=O)(=O)c1cccs1)N(CCn1cccn1)c1nc2ccccc2s1. The number of carbonyl (C=O) groups excluding carboxylic acids is 1. The molecule has 32 heavy (non-hydrogen) atoms. The van der Waals surface area contributed by atoms with Crippen molar-refractivity contribution in [3.05, 3.63) is 60.2 Å². The number of thiophene rings is 1. The lowest BCUT2D eigenvalue weighted by molar-refractivity contribution is -0.121. The molecule has 1 saturated heterocycles. The average Bonchev–Trinajstić information content (AvgIpc) is 3.60. The summed E-state index contributed by atoms with van der Waals surface area (Å²) >= 11 is 2.60. The van der Waals surface area contributed by atoms with E-state index in [0.29, 0.717) is 37.6 Å². The summed E-state index contributed by atoms with van der Waals surface area (Å²) in [4.78, 5) is 20.1. The number of para-hydroxylation sites is 1. The third kappa shape index (κ3) is 3.96. The van der Waals surface area contributed by atoms with Gasteiger partial charge in [-0.25, -0.2) is 13.4 Å². The summed E-state index contributed by atoms with van der Waals surface area (Å²) in [7, 11) is -3.72. The molecule has 4 heterocycles. The zero-order valence-electron chi connectivity index (χ0n) is 17.1. The van der Waals surface area contributed by atoms with E-state index in [-0.39, 0.29) is 10.1 Å². The van der Waals surface area contributed by atoms with Crippen LogP contribution in [-0.2, 0) is 21.4 Å². The molecule has 0 bridgehead atoms. The molecular formula is C21H21N5O3S3. The van der Waals surface area contributed by atoms with Crippen LogP contribution in [0.1, 0.15) is 12.8 Å². The zero-order valence-corrected chi connectivity index (χ0v) is 19.5. The first-order valence-electron chi connectivity index (χ1n) is 10.2. The van der Waals surface area contributed by atoms with Crippen molar-refractivity contribution in [2.24, 2.45) is 0 Å². The summed E-state index contributed by atoms with van der Waals surface area (Å²) < 4.78 is 30.7. The van der Waals surface area contributed by atoms with Gasteiger partial charge in [0.1, 0.15) is 10.3 Å². The number of nitrogens with zero attached hydrogens (tertiary/aromatic N) is 5. The molecular weight excluding hydrogens is 466 g/mol. The molecule has 0 spiro atoms. The highest BCUT2D eigenvalue weighted by molar-refractivity contribution is 7.91. The minimum absolute atomic E-state index is 0.242. The predicted molar refractivity (Wildman–Crippen MR) is 125 cm³/mol. The van der Waals surface area contributed by atoms with Gasteiger partial charge in [-0.1, -0.05) is 29.5 Å². The maximum Gasteiger partial charge on any atom is 0.253 e. The van der Waals surface area contributed by atoms with Crippen LogP contribution in [0.5, 0.6) is 0 Å². The van der Waals surface area contributed by atoms with Crippen molar-refractivity contribution in [1.29, 1.82) is 0 Å². The Balaban J connectivity index is 1.47. The number of thiazole rings is 1. The Morgan fingerprint density at radius 3 is 2.81 bits per heavy atom. The number of fused-ring (bicyclic) bond motifs is 1. The molecule has 0 N–H and O–H groups in total. The molecule has 1 amide bonds. The van der Waals surface area contributed by atoms with Gasteiger partial charge >= 0.3 is 0 Å². The summed E-state index contributed by atoms with van der Waals surface area (Å²) in [6, 6.07) is 12.1. The van der Waals surface area contributed by atoms with E-state index in [2.05, 4.69) is 10.1 Å². The Hall–Kier alpha value is -2.60. The van der Waals surface area contributed by atoms with Gasteiger partial charge in [0, 0.05) is 25.5 Å². The number of sulfonamides is 1. The monoisotopic (exact) mass is 487 g/mol. The summed E-state index contributed by atoms with van der Waals surface area (Å²) in [5.74, 6) is -0.242. The molecule has 0 unspecified atom stereocenters. The van der Waals surface area contributed by atoms with E-state index in [9.17, 15) is 13.2 Å². The van der Waals surface area contributed by atoms with Crippen molar-refractivity contribution in [3.63, 3.8) is 0 Å². The molecule has 1 aliphatic rings. The van der Waals surface area contributed by atoms with Gasteiger partial charge in [0.15, 0.2) is 5.13 Å². The number of hydrogen-bond donors (Lipinski definition) is 0. The Morgan fingerprint density at radius 2 is 2.06 bits per heavy atom. The van der Waals surface area contributed by atoms with Gasteiger partial charge in [0.25, 0.3) is 10.0 Å². The second-order valence-corrected chi connectivity index (χ2v) is 11.5. The van der Waals surface area contributed by atoms with Gasteiger partial charge in [-0.3, -0.25) is 14.4 Å². The Kier molecular flexibility index (Phi) is 5.80. The van der Waals surface area contributed by atoms with E-state index < -0.39 is 16.1 Å². The van der Waals surface area contributed by atoms with Gasteiger partial charge in [-0.15, -0.1) is 11.3 Å². The highest BCUT2D eigenvalue weighted by Crippen LogP contribution is 2.33. The van der Waals surface area contributed by atoms with Crippen LogP contribution in [0.3, 0.4) is 0 Å². The molecule has 1 fully saturated rings. The highest BCUT2D eigenvalue weighted by Gasteiger charge is 2.42. The summed E-state index contributed by atoms with van der Waals surface area (Å²) in [6.07, 6.45) is 4.67. The molecule has 5 rings (SSSR count). The van der Waals surface area contributed by atoms with Crippen molar-refractivity contribution in [3.8, 4) is 0 Å². The Bertz CT molecular complexity index is 1280. The third-order valence-electron chi connectivity index (χ3n) is 5.44. The van der Waals surface area contributed by atoms with Crippen LogP contribution in [0.4, 0.5) is 5.13 Å². The lowest BCUT2D eigenvalue weighted by Crippen LogP contribution is -2.48. The number of aromatic nitrogens is 3. The standard InChI is InChI=1S/C21H21N5O3S3/c27-20(17-7-3-12-26(17)32(28,29)19-9-4-15-30-19)25(14-13-24-11-5-10-22-24)21-23-16-6-1-2-8-18(16)31-21/h1-2,4-6,8-11,15,17H,3,7,12-14H2/t17-/m1/s1. The van der Waals surface area contributed by atoms with Gasteiger partial charge < -0.3 is 0 Å². The van der Waals surface area contributed by atoms with Crippen LogP contribution >= 0.6 is 22.7 Å². The predicted octanol–water partition coefficient (Wildman–Crippen LogP) is 3.44. The van der Waals surface area contributed by atoms with E-state index >= 15 is 0 Å². The van der Waals surface area contributed by atoms with E-state index in [4.69, 9.17) is 0 Å². The van der Waals surface area contributed by atoms with Crippen LogP contribution in [-0.4, -0.2) is 52.5 Å². The van der Waals surface area contributed by atoms with Crippen molar-refractivity contribution in [2.45, 2.75) is 29.6 Å². The largest absolute Gasteiger partial charge is 0.285 e. The molecule has 11 heteroatoms. The zero-order chi connectivity index (χ0) is 22.1. The molecule has 0 saturated carbocycles. The lowest BCUT2D eigenvalue weighted by Gasteiger charge is -2.28. The fraction of sp³-hybridized carbons (Fsp3) is 0.286. The van der Waals surface area contributed by atoms with Crippen LogP contribution in [0, 0.1) is 0 Å². The van der Waals surface area contributed by atoms with Crippen LogP contribution in [0.2, 0.25) is 0 Å². The Morgan fingerprint density at radius 1 is 1.19 bits per heavy atom. The number of hydrogen-bond acceptors (Lipinski definition) is 7. The number of rotatable bonds is 7. The van der Waals surface area contributed by atoms with E-state index in [0.717, 1.165) is 10.2 Å². The van der Waals surface area contributed by atoms with Crippen molar-refractivity contribution in [1.82, 2.24) is 19.1 Å².